The van der Waals surface area contributed by atoms with E-state index in [0.717, 1.165) is 37.3 Å². The van der Waals surface area contributed by atoms with Gasteiger partial charge in [0.05, 0.1) is 10.6 Å². The minimum atomic E-state index is -0.0319. The Morgan fingerprint density at radius 3 is 2.67 bits per heavy atom. The average Bonchev–Trinajstić information content (AvgIpc) is 3.18. The molecule has 8 heteroatoms. The second-order valence-electron chi connectivity index (χ2n) is 6.72. The van der Waals surface area contributed by atoms with Crippen molar-refractivity contribution in [1.29, 1.82) is 0 Å². The number of piperidine rings is 1. The second-order valence-corrected chi connectivity index (χ2v) is 7.13. The van der Waals surface area contributed by atoms with E-state index in [2.05, 4.69) is 15.3 Å². The van der Waals surface area contributed by atoms with Gasteiger partial charge in [0.1, 0.15) is 0 Å². The van der Waals surface area contributed by atoms with Crippen LogP contribution in [-0.2, 0) is 0 Å². The van der Waals surface area contributed by atoms with Gasteiger partial charge in [0.25, 0.3) is 5.91 Å². The van der Waals surface area contributed by atoms with Crippen molar-refractivity contribution in [2.75, 3.05) is 25.0 Å². The molecule has 140 valence electrons. The molecule has 1 aliphatic heterocycles. The Morgan fingerprint density at radius 2 is 1.96 bits per heavy atom. The zero-order valence-corrected chi connectivity index (χ0v) is 15.6. The van der Waals surface area contributed by atoms with Crippen LogP contribution < -0.4 is 11.1 Å². The van der Waals surface area contributed by atoms with Crippen molar-refractivity contribution >= 4 is 34.7 Å². The number of anilines is 2. The molecular weight excluding hydrogens is 364 g/mol. The third kappa shape index (κ3) is 3.61. The number of carbonyl (C=O) groups excluding carboxylic acids is 1. The second kappa shape index (κ2) is 7.54. The number of hydrogen-bond acceptors (Lipinski definition) is 5. The summed E-state index contributed by atoms with van der Waals surface area (Å²) in [6, 6.07) is 5.34. The van der Waals surface area contributed by atoms with Crippen molar-refractivity contribution in [3.05, 3.63) is 53.6 Å². The zero-order chi connectivity index (χ0) is 18.8. The summed E-state index contributed by atoms with van der Waals surface area (Å²) in [6.07, 6.45) is 8.98. The Bertz CT molecular complexity index is 964. The van der Waals surface area contributed by atoms with Crippen molar-refractivity contribution in [2.24, 2.45) is 11.7 Å². The molecule has 2 aromatic heterocycles. The van der Waals surface area contributed by atoms with Gasteiger partial charge in [-0.25, -0.2) is 9.97 Å². The standard InChI is InChI=1S/C19H21ClN6O/c20-16-11-14(24-17-18-23-6-10-25(18)9-5-22-17)1-2-15(16)19(27)26-7-3-13(12-21)4-8-26/h1-2,5-6,9-11,13H,3-4,7-8,12,21H2,(H,22,24). The first-order valence-corrected chi connectivity index (χ1v) is 9.37. The van der Waals surface area contributed by atoms with Gasteiger partial charge in [-0.15, -0.1) is 0 Å². The lowest BCUT2D eigenvalue weighted by atomic mass is 9.96. The number of benzene rings is 1. The minimum Gasteiger partial charge on any atom is -0.339 e. The summed E-state index contributed by atoms with van der Waals surface area (Å²) >= 11 is 6.41. The van der Waals surface area contributed by atoms with Gasteiger partial charge in [0, 0.05) is 43.6 Å². The molecule has 1 saturated heterocycles. The molecule has 1 fully saturated rings. The first-order chi connectivity index (χ1) is 13.2. The van der Waals surface area contributed by atoms with E-state index in [0.29, 0.717) is 28.9 Å². The monoisotopic (exact) mass is 384 g/mol. The number of rotatable bonds is 4. The quantitative estimate of drug-likeness (QED) is 0.722. The van der Waals surface area contributed by atoms with Gasteiger partial charge in [-0.2, -0.15) is 0 Å². The van der Waals surface area contributed by atoms with E-state index in [4.69, 9.17) is 17.3 Å². The van der Waals surface area contributed by atoms with E-state index in [-0.39, 0.29) is 5.91 Å². The zero-order valence-electron chi connectivity index (χ0n) is 14.8. The van der Waals surface area contributed by atoms with E-state index in [1.54, 1.807) is 24.5 Å². The van der Waals surface area contributed by atoms with Crippen molar-refractivity contribution in [3.63, 3.8) is 0 Å². The number of imidazole rings is 1. The molecule has 0 saturated carbocycles. The van der Waals surface area contributed by atoms with Crippen LogP contribution in [0.3, 0.4) is 0 Å². The van der Waals surface area contributed by atoms with Crippen molar-refractivity contribution < 1.29 is 4.79 Å². The molecule has 3 heterocycles. The van der Waals surface area contributed by atoms with Gasteiger partial charge in [-0.05, 0) is 43.5 Å². The van der Waals surface area contributed by atoms with E-state index in [1.165, 1.54) is 0 Å². The molecule has 0 radical (unpaired) electrons. The number of nitrogens with zero attached hydrogens (tertiary/aromatic N) is 4. The Hall–Kier alpha value is -2.64. The molecule has 27 heavy (non-hydrogen) atoms. The molecule has 1 amide bonds. The third-order valence-electron chi connectivity index (χ3n) is 5.01. The summed E-state index contributed by atoms with van der Waals surface area (Å²) in [7, 11) is 0. The highest BCUT2D eigenvalue weighted by atomic mass is 35.5. The molecule has 0 atom stereocenters. The van der Waals surface area contributed by atoms with Crippen LogP contribution in [0.4, 0.5) is 11.5 Å². The van der Waals surface area contributed by atoms with Gasteiger partial charge in [0.2, 0.25) is 0 Å². The SMILES string of the molecule is NCC1CCN(C(=O)c2ccc(Nc3nccn4ccnc34)cc2Cl)CC1. The summed E-state index contributed by atoms with van der Waals surface area (Å²) in [5.74, 6) is 1.10. The highest BCUT2D eigenvalue weighted by molar-refractivity contribution is 6.34. The average molecular weight is 385 g/mol. The van der Waals surface area contributed by atoms with E-state index in [1.807, 2.05) is 27.8 Å². The summed E-state index contributed by atoms with van der Waals surface area (Å²) in [5, 5.41) is 3.63. The van der Waals surface area contributed by atoms with Crippen LogP contribution in [0.25, 0.3) is 5.65 Å². The van der Waals surface area contributed by atoms with Crippen LogP contribution in [0, 0.1) is 5.92 Å². The maximum Gasteiger partial charge on any atom is 0.255 e. The normalized spacial score (nSPS) is 15.3. The number of likely N-dealkylation sites (tertiary alicyclic amines) is 1. The lowest BCUT2D eigenvalue weighted by Gasteiger charge is -2.31. The predicted molar refractivity (Wildman–Crippen MR) is 105 cm³/mol. The smallest absolute Gasteiger partial charge is 0.255 e. The lowest BCUT2D eigenvalue weighted by Crippen LogP contribution is -2.40. The fraction of sp³-hybridized carbons (Fsp3) is 0.316. The molecule has 1 aromatic carbocycles. The first-order valence-electron chi connectivity index (χ1n) is 8.99. The van der Waals surface area contributed by atoms with Gasteiger partial charge in [0.15, 0.2) is 11.5 Å². The Balaban J connectivity index is 1.51. The largest absolute Gasteiger partial charge is 0.339 e. The summed E-state index contributed by atoms with van der Waals surface area (Å²) in [4.78, 5) is 23.3. The van der Waals surface area contributed by atoms with Crippen molar-refractivity contribution in [1.82, 2.24) is 19.3 Å². The number of hydrogen-bond donors (Lipinski definition) is 2. The number of nitrogens with one attached hydrogen (secondary N) is 1. The molecule has 0 bridgehead atoms. The number of halogens is 1. The highest BCUT2D eigenvalue weighted by Gasteiger charge is 2.24. The molecule has 3 aromatic rings. The van der Waals surface area contributed by atoms with E-state index in [9.17, 15) is 4.79 Å². The van der Waals surface area contributed by atoms with Crippen molar-refractivity contribution in [3.8, 4) is 0 Å². The van der Waals surface area contributed by atoms with Crippen LogP contribution in [-0.4, -0.2) is 44.8 Å². The number of nitrogens with two attached hydrogens (primary N) is 1. The van der Waals surface area contributed by atoms with Crippen LogP contribution >= 0.6 is 11.6 Å². The molecule has 7 nitrogen and oxygen atoms in total. The summed E-state index contributed by atoms with van der Waals surface area (Å²) in [5.41, 5.74) is 7.71. The molecule has 3 N–H and O–H groups in total. The third-order valence-corrected chi connectivity index (χ3v) is 5.32. The van der Waals surface area contributed by atoms with Crippen LogP contribution in [0.15, 0.2) is 43.0 Å². The van der Waals surface area contributed by atoms with Gasteiger partial charge in [-0.3, -0.25) is 4.79 Å². The number of aromatic nitrogens is 3. The van der Waals surface area contributed by atoms with Crippen LogP contribution in [0.1, 0.15) is 23.2 Å². The predicted octanol–water partition coefficient (Wildman–Crippen LogP) is 2.94. The fourth-order valence-electron chi connectivity index (χ4n) is 3.39. The van der Waals surface area contributed by atoms with Gasteiger partial charge >= 0.3 is 0 Å². The Kier molecular flexibility index (Phi) is 4.96. The number of fused-ring (bicyclic) bond motifs is 1. The van der Waals surface area contributed by atoms with Crippen LogP contribution in [0.2, 0.25) is 5.02 Å². The van der Waals surface area contributed by atoms with E-state index >= 15 is 0 Å². The maximum absolute atomic E-state index is 12.8. The molecule has 4 rings (SSSR count). The topological polar surface area (TPSA) is 88.5 Å². The number of amides is 1. The lowest BCUT2D eigenvalue weighted by molar-refractivity contribution is 0.0693. The summed E-state index contributed by atoms with van der Waals surface area (Å²) in [6.45, 7) is 2.13. The molecule has 1 aliphatic rings. The molecular formula is C19H21ClN6O. The molecule has 0 spiro atoms. The maximum atomic E-state index is 12.8. The van der Waals surface area contributed by atoms with Gasteiger partial charge in [-0.1, -0.05) is 11.6 Å². The molecule has 0 aliphatic carbocycles. The van der Waals surface area contributed by atoms with Crippen LogP contribution in [0.5, 0.6) is 0 Å². The Morgan fingerprint density at radius 1 is 1.22 bits per heavy atom. The van der Waals surface area contributed by atoms with E-state index < -0.39 is 0 Å². The highest BCUT2D eigenvalue weighted by Crippen LogP contribution is 2.27. The minimum absolute atomic E-state index is 0.0319. The fourth-order valence-corrected chi connectivity index (χ4v) is 3.65. The van der Waals surface area contributed by atoms with Crippen molar-refractivity contribution in [2.45, 2.75) is 12.8 Å². The first kappa shape index (κ1) is 17.8. The molecule has 0 unspecified atom stereocenters. The number of carbonyl (C=O) groups is 1. The Labute approximate surface area is 162 Å². The summed E-state index contributed by atoms with van der Waals surface area (Å²) < 4.78 is 1.87. The van der Waals surface area contributed by atoms with Gasteiger partial charge < -0.3 is 20.4 Å².